The van der Waals surface area contributed by atoms with Crippen LogP contribution in [0.2, 0.25) is 0 Å². The molecule has 1 aliphatic rings. The Balaban J connectivity index is 1.99. The van der Waals surface area contributed by atoms with Gasteiger partial charge in [-0.25, -0.2) is 9.18 Å². The molecule has 152 valence electrons. The number of ether oxygens (including phenoxy) is 1. The van der Waals surface area contributed by atoms with E-state index in [2.05, 4.69) is 20.7 Å². The second kappa shape index (κ2) is 8.16. The van der Waals surface area contributed by atoms with Gasteiger partial charge in [-0.2, -0.15) is 0 Å². The molecule has 0 spiro atoms. The van der Waals surface area contributed by atoms with Gasteiger partial charge >= 0.3 is 5.97 Å². The van der Waals surface area contributed by atoms with Crippen LogP contribution in [0.15, 0.2) is 33.6 Å². The Morgan fingerprint density at radius 1 is 1.28 bits per heavy atom. The monoisotopic (exact) mass is 480 g/mol. The van der Waals surface area contributed by atoms with Crippen molar-refractivity contribution in [3.05, 3.63) is 56.4 Å². The summed E-state index contributed by atoms with van der Waals surface area (Å²) < 4.78 is 21.5. The Morgan fingerprint density at radius 2 is 1.97 bits per heavy atom. The van der Waals surface area contributed by atoms with Gasteiger partial charge in [-0.1, -0.05) is 15.9 Å². The Morgan fingerprint density at radius 3 is 2.59 bits per heavy atom. The van der Waals surface area contributed by atoms with Crippen molar-refractivity contribution in [1.82, 2.24) is 9.47 Å². The molecule has 0 N–H and O–H groups in total. The average Bonchev–Trinajstić information content (AvgIpc) is 3.09. The molecule has 0 saturated carbocycles. The number of esters is 1. The minimum atomic E-state index is -1.01. The third-order valence-electron chi connectivity index (χ3n) is 4.66. The number of aromatic nitrogens is 1. The Kier molecular flexibility index (Phi) is 6.00. The predicted octanol–water partition coefficient (Wildman–Crippen LogP) is 4.59. The molecule has 2 amide bonds. The third kappa shape index (κ3) is 3.89. The zero-order chi connectivity index (χ0) is 21.5. The van der Waals surface area contributed by atoms with Gasteiger partial charge in [0.25, 0.3) is 11.1 Å². The first-order valence-corrected chi connectivity index (χ1v) is 10.3. The lowest BCUT2D eigenvalue weighted by Gasteiger charge is -2.18. The van der Waals surface area contributed by atoms with Crippen molar-refractivity contribution in [2.75, 3.05) is 7.11 Å². The number of carbonyl (C=O) groups is 3. The minimum Gasteiger partial charge on any atom is -0.467 e. The number of carbonyl (C=O) groups excluding carboxylic acids is 3. The molecule has 2 heterocycles. The van der Waals surface area contributed by atoms with Crippen LogP contribution in [0, 0.1) is 19.7 Å². The van der Waals surface area contributed by atoms with Gasteiger partial charge in [0.2, 0.25) is 0 Å². The summed E-state index contributed by atoms with van der Waals surface area (Å²) in [4.78, 5) is 37.8. The lowest BCUT2D eigenvalue weighted by Crippen LogP contribution is -2.42. The summed E-state index contributed by atoms with van der Waals surface area (Å²) in [7, 11) is 1.20. The van der Waals surface area contributed by atoms with E-state index in [0.717, 1.165) is 28.0 Å². The Bertz CT molecular complexity index is 1060. The van der Waals surface area contributed by atoms with Gasteiger partial charge in [0, 0.05) is 15.9 Å². The first-order chi connectivity index (χ1) is 13.6. The van der Waals surface area contributed by atoms with Crippen LogP contribution in [-0.2, 0) is 14.3 Å². The zero-order valence-corrected chi connectivity index (χ0v) is 18.6. The zero-order valence-electron chi connectivity index (χ0n) is 16.2. The van der Waals surface area contributed by atoms with Crippen LogP contribution in [0.25, 0.3) is 11.8 Å². The highest BCUT2D eigenvalue weighted by Crippen LogP contribution is 2.35. The SMILES string of the molecule is COC(=O)[C@@H](C)N1C(=O)S/C(=C/c2cc(C)n(-c3ccc(Br)cc3F)c2C)C1=O. The van der Waals surface area contributed by atoms with E-state index in [0.29, 0.717) is 15.7 Å². The van der Waals surface area contributed by atoms with E-state index in [4.69, 9.17) is 0 Å². The third-order valence-corrected chi connectivity index (χ3v) is 6.04. The molecule has 0 radical (unpaired) electrons. The summed E-state index contributed by atoms with van der Waals surface area (Å²) >= 11 is 4.00. The van der Waals surface area contributed by atoms with Crippen molar-refractivity contribution in [2.24, 2.45) is 0 Å². The fourth-order valence-electron chi connectivity index (χ4n) is 3.20. The van der Waals surface area contributed by atoms with Crippen LogP contribution in [0.1, 0.15) is 23.9 Å². The van der Waals surface area contributed by atoms with Gasteiger partial charge < -0.3 is 9.30 Å². The van der Waals surface area contributed by atoms with Crippen molar-refractivity contribution >= 4 is 50.9 Å². The standard InChI is InChI=1S/C20H18BrFN2O4S/c1-10-7-13(11(2)23(10)16-6-5-14(21)9-15(16)22)8-17-18(25)24(20(27)29-17)12(3)19(26)28-4/h5-9,12H,1-4H3/b17-8+/t12-/m1/s1. The number of methoxy groups -OCH3 is 1. The van der Waals surface area contributed by atoms with Gasteiger partial charge in [-0.15, -0.1) is 0 Å². The molecule has 9 heteroatoms. The van der Waals surface area contributed by atoms with Crippen LogP contribution < -0.4 is 0 Å². The number of hydrogen-bond donors (Lipinski definition) is 0. The molecule has 1 saturated heterocycles. The lowest BCUT2D eigenvalue weighted by atomic mass is 10.2. The topological polar surface area (TPSA) is 68.6 Å². The van der Waals surface area contributed by atoms with Gasteiger partial charge in [-0.3, -0.25) is 14.5 Å². The van der Waals surface area contributed by atoms with Crippen molar-refractivity contribution in [2.45, 2.75) is 26.8 Å². The smallest absolute Gasteiger partial charge is 0.328 e. The number of amides is 2. The minimum absolute atomic E-state index is 0.197. The number of imide groups is 1. The Labute approximate surface area is 179 Å². The maximum atomic E-state index is 14.5. The van der Waals surface area contributed by atoms with Gasteiger partial charge in [0.15, 0.2) is 0 Å². The van der Waals surface area contributed by atoms with E-state index >= 15 is 0 Å². The van der Waals surface area contributed by atoms with Crippen molar-refractivity contribution in [3.63, 3.8) is 0 Å². The molecule has 0 unspecified atom stereocenters. The number of hydrogen-bond acceptors (Lipinski definition) is 5. The predicted molar refractivity (Wildman–Crippen MR) is 112 cm³/mol. The molecule has 0 bridgehead atoms. The van der Waals surface area contributed by atoms with Crippen molar-refractivity contribution in [3.8, 4) is 5.69 Å². The quantitative estimate of drug-likeness (QED) is 0.472. The number of rotatable bonds is 4. The van der Waals surface area contributed by atoms with Crippen molar-refractivity contribution in [1.29, 1.82) is 0 Å². The highest BCUT2D eigenvalue weighted by Gasteiger charge is 2.41. The maximum Gasteiger partial charge on any atom is 0.328 e. The summed E-state index contributed by atoms with van der Waals surface area (Å²) in [6, 6.07) is 5.59. The highest BCUT2D eigenvalue weighted by atomic mass is 79.9. The summed E-state index contributed by atoms with van der Waals surface area (Å²) in [6.45, 7) is 5.08. The molecule has 1 fully saturated rings. The van der Waals surface area contributed by atoms with Crippen LogP contribution in [0.3, 0.4) is 0 Å². The first kappa shape index (κ1) is 21.3. The molecule has 0 aliphatic carbocycles. The van der Waals surface area contributed by atoms with Crippen LogP contribution in [0.5, 0.6) is 0 Å². The molecule has 1 atom stereocenters. The van der Waals surface area contributed by atoms with Gasteiger partial charge in [0.1, 0.15) is 11.9 Å². The van der Waals surface area contributed by atoms with Crippen LogP contribution in [-0.4, -0.2) is 39.7 Å². The van der Waals surface area contributed by atoms with Gasteiger partial charge in [-0.05, 0) is 68.4 Å². The fourth-order valence-corrected chi connectivity index (χ4v) is 4.43. The highest BCUT2D eigenvalue weighted by molar-refractivity contribution is 9.10. The number of thioether (sulfide) groups is 1. The largest absolute Gasteiger partial charge is 0.467 e. The second-order valence-electron chi connectivity index (χ2n) is 6.51. The summed E-state index contributed by atoms with van der Waals surface area (Å²) in [5.41, 5.74) is 2.56. The van der Waals surface area contributed by atoms with E-state index in [-0.39, 0.29) is 10.7 Å². The summed E-state index contributed by atoms with van der Waals surface area (Å²) in [6.07, 6.45) is 1.59. The van der Waals surface area contributed by atoms with Crippen LogP contribution >= 0.6 is 27.7 Å². The Hall–Kier alpha value is -2.39. The first-order valence-electron chi connectivity index (χ1n) is 8.65. The normalized spacial score (nSPS) is 16.6. The maximum absolute atomic E-state index is 14.5. The van der Waals surface area contributed by atoms with Crippen LogP contribution in [0.4, 0.5) is 9.18 Å². The second-order valence-corrected chi connectivity index (χ2v) is 8.42. The van der Waals surface area contributed by atoms with E-state index in [9.17, 15) is 18.8 Å². The molecule has 1 aromatic heterocycles. The summed E-state index contributed by atoms with van der Waals surface area (Å²) in [5, 5.41) is -0.535. The number of nitrogens with zero attached hydrogens (tertiary/aromatic N) is 2. The van der Waals surface area contributed by atoms with Gasteiger partial charge in [0.05, 0.1) is 17.7 Å². The number of halogens is 2. The molecule has 29 heavy (non-hydrogen) atoms. The lowest BCUT2D eigenvalue weighted by molar-refractivity contribution is -0.148. The fraction of sp³-hybridized carbons (Fsp3) is 0.250. The molecule has 6 nitrogen and oxygen atoms in total. The van der Waals surface area contributed by atoms with Crippen molar-refractivity contribution < 1.29 is 23.5 Å². The molecular formula is C20H18BrFN2O4S. The number of benzene rings is 1. The summed E-state index contributed by atoms with van der Waals surface area (Å²) in [5.74, 6) is -1.62. The number of aryl methyl sites for hydroxylation is 1. The molecule has 2 aromatic rings. The average molecular weight is 481 g/mol. The molecular weight excluding hydrogens is 463 g/mol. The van der Waals surface area contributed by atoms with E-state index in [1.807, 2.05) is 19.9 Å². The molecule has 3 rings (SSSR count). The molecule has 1 aliphatic heterocycles. The molecule has 1 aromatic carbocycles. The van der Waals surface area contributed by atoms with E-state index < -0.39 is 23.2 Å². The van der Waals surface area contributed by atoms with E-state index in [1.54, 1.807) is 22.8 Å². The van der Waals surface area contributed by atoms with E-state index in [1.165, 1.54) is 20.1 Å².